The van der Waals surface area contributed by atoms with Crippen molar-refractivity contribution in [3.8, 4) is 0 Å². The molecule has 3 heteroatoms. The van der Waals surface area contributed by atoms with Crippen molar-refractivity contribution >= 4 is 0 Å². The van der Waals surface area contributed by atoms with E-state index >= 15 is 0 Å². The van der Waals surface area contributed by atoms with E-state index in [2.05, 4.69) is 11.1 Å². The van der Waals surface area contributed by atoms with Gasteiger partial charge < -0.3 is 4.98 Å². The van der Waals surface area contributed by atoms with E-state index in [1.165, 1.54) is 12.3 Å². The van der Waals surface area contributed by atoms with Crippen molar-refractivity contribution in [1.82, 2.24) is 4.98 Å². The molecule has 0 aliphatic carbocycles. The van der Waals surface area contributed by atoms with Gasteiger partial charge in [0.05, 0.1) is 5.95 Å². The van der Waals surface area contributed by atoms with Crippen LogP contribution in [0.5, 0.6) is 0 Å². The van der Waals surface area contributed by atoms with E-state index in [0.29, 0.717) is 0 Å². The molecule has 0 radical (unpaired) electrons. The SMILES string of the molecule is Fc1c[c-]ccn1.[Li+]. The van der Waals surface area contributed by atoms with Gasteiger partial charge in [-0.25, -0.2) is 0 Å². The van der Waals surface area contributed by atoms with E-state index in [-0.39, 0.29) is 18.9 Å². The van der Waals surface area contributed by atoms with Crippen LogP contribution in [0.2, 0.25) is 0 Å². The second-order valence-corrected chi connectivity index (χ2v) is 1.08. The molecule has 0 saturated heterocycles. The number of nitrogens with zero attached hydrogens (tertiary/aromatic N) is 1. The zero-order valence-electron chi connectivity index (χ0n) is 4.56. The molecule has 8 heavy (non-hydrogen) atoms. The van der Waals surface area contributed by atoms with Gasteiger partial charge in [-0.05, 0) is 0 Å². The van der Waals surface area contributed by atoms with Crippen LogP contribution >= 0.6 is 0 Å². The zero-order chi connectivity index (χ0) is 5.11. The summed E-state index contributed by atoms with van der Waals surface area (Å²) in [5.74, 6) is -0.484. The first kappa shape index (κ1) is 7.68. The van der Waals surface area contributed by atoms with Gasteiger partial charge in [-0.3, -0.25) is 4.39 Å². The molecule has 1 rings (SSSR count). The third kappa shape index (κ3) is 2.11. The third-order valence-corrected chi connectivity index (χ3v) is 0.571. The molecule has 1 aromatic rings. The van der Waals surface area contributed by atoms with E-state index in [9.17, 15) is 4.39 Å². The minimum absolute atomic E-state index is 0. The second kappa shape index (κ2) is 3.65. The van der Waals surface area contributed by atoms with E-state index in [4.69, 9.17) is 0 Å². The van der Waals surface area contributed by atoms with Crippen molar-refractivity contribution in [2.75, 3.05) is 0 Å². The maximum atomic E-state index is 11.8. The number of hydrogen-bond donors (Lipinski definition) is 0. The number of pyridine rings is 1. The smallest absolute Gasteiger partial charge is 0.358 e. The van der Waals surface area contributed by atoms with Gasteiger partial charge in [0.2, 0.25) is 0 Å². The largest absolute Gasteiger partial charge is 1.00 e. The second-order valence-electron chi connectivity index (χ2n) is 1.08. The van der Waals surface area contributed by atoms with Gasteiger partial charge in [0.1, 0.15) is 0 Å². The fraction of sp³-hybridized carbons (Fsp3) is 0. The number of aromatic nitrogens is 1. The van der Waals surface area contributed by atoms with E-state index in [1.54, 1.807) is 6.07 Å². The molecule has 0 saturated carbocycles. The van der Waals surface area contributed by atoms with E-state index in [0.717, 1.165) is 0 Å². The maximum Gasteiger partial charge on any atom is 1.00 e. The Morgan fingerprint density at radius 2 is 2.38 bits per heavy atom. The van der Waals surface area contributed by atoms with Crippen LogP contribution in [0, 0.1) is 12.0 Å². The van der Waals surface area contributed by atoms with Crippen LogP contribution in [-0.2, 0) is 0 Å². The average Bonchev–Trinajstić information content (AvgIpc) is 1.69. The van der Waals surface area contributed by atoms with Crippen molar-refractivity contribution in [2.45, 2.75) is 0 Å². The first-order valence-corrected chi connectivity index (χ1v) is 1.87. The molecule has 1 heterocycles. The van der Waals surface area contributed by atoms with Crippen molar-refractivity contribution in [1.29, 1.82) is 0 Å². The Labute approximate surface area is 59.1 Å². The predicted molar refractivity (Wildman–Crippen MR) is 23.0 cm³/mol. The van der Waals surface area contributed by atoms with Crippen molar-refractivity contribution < 1.29 is 23.3 Å². The summed E-state index contributed by atoms with van der Waals surface area (Å²) in [6, 6.07) is 5.25. The van der Waals surface area contributed by atoms with Gasteiger partial charge in [0, 0.05) is 0 Å². The first-order valence-electron chi connectivity index (χ1n) is 1.87. The number of hydrogen-bond acceptors (Lipinski definition) is 1. The minimum Gasteiger partial charge on any atom is -0.358 e. The van der Waals surface area contributed by atoms with Crippen LogP contribution in [-0.4, -0.2) is 4.98 Å². The molecule has 0 atom stereocenters. The van der Waals surface area contributed by atoms with Gasteiger partial charge in [0.15, 0.2) is 0 Å². The summed E-state index contributed by atoms with van der Waals surface area (Å²) in [5.41, 5.74) is 0. The van der Waals surface area contributed by atoms with Crippen LogP contribution in [0.15, 0.2) is 18.3 Å². The number of rotatable bonds is 0. The van der Waals surface area contributed by atoms with Gasteiger partial charge in [0.25, 0.3) is 0 Å². The monoisotopic (exact) mass is 103 g/mol. The van der Waals surface area contributed by atoms with Crippen LogP contribution in [0.1, 0.15) is 0 Å². The van der Waals surface area contributed by atoms with E-state index in [1.807, 2.05) is 0 Å². The summed E-state index contributed by atoms with van der Waals surface area (Å²) < 4.78 is 11.8. The van der Waals surface area contributed by atoms with Gasteiger partial charge >= 0.3 is 18.9 Å². The quantitative estimate of drug-likeness (QED) is 0.211. The minimum atomic E-state index is -0.484. The fourth-order valence-corrected chi connectivity index (χ4v) is 0.306. The zero-order valence-corrected chi connectivity index (χ0v) is 4.56. The maximum absolute atomic E-state index is 11.8. The molecule has 0 aromatic carbocycles. The van der Waals surface area contributed by atoms with Crippen molar-refractivity contribution in [3.63, 3.8) is 0 Å². The molecule has 1 aromatic heterocycles. The summed E-state index contributed by atoms with van der Waals surface area (Å²) >= 11 is 0. The summed E-state index contributed by atoms with van der Waals surface area (Å²) in [7, 11) is 0. The number of halogens is 1. The molecule has 0 spiro atoms. The predicted octanol–water partition coefficient (Wildman–Crippen LogP) is -1.98. The molecule has 0 unspecified atom stereocenters. The molecule has 0 fully saturated rings. The normalized spacial score (nSPS) is 7.62. The Morgan fingerprint density at radius 1 is 1.62 bits per heavy atom. The van der Waals surface area contributed by atoms with Crippen molar-refractivity contribution in [2.24, 2.45) is 0 Å². The Kier molecular flexibility index (Phi) is 3.50. The fourth-order valence-electron chi connectivity index (χ4n) is 0.306. The molecule has 0 bridgehead atoms. The Hall–Kier alpha value is -0.323. The van der Waals surface area contributed by atoms with Crippen LogP contribution in [0.3, 0.4) is 0 Å². The Bertz CT molecular complexity index is 142. The molecule has 1 nitrogen and oxygen atoms in total. The molecule has 0 aliphatic heterocycles. The summed E-state index contributed by atoms with van der Waals surface area (Å²) in [4.78, 5) is 3.28. The molecule has 0 aliphatic rings. The topological polar surface area (TPSA) is 12.9 Å². The Morgan fingerprint density at radius 3 is 2.62 bits per heavy atom. The molecular weight excluding hydrogens is 100 g/mol. The summed E-state index contributed by atoms with van der Waals surface area (Å²) in [6.45, 7) is 0. The van der Waals surface area contributed by atoms with Crippen LogP contribution in [0.4, 0.5) is 4.39 Å². The van der Waals surface area contributed by atoms with Gasteiger partial charge in [-0.1, -0.05) is 6.20 Å². The average molecular weight is 103 g/mol. The molecule has 0 amide bonds. The molecule has 0 N–H and O–H groups in total. The summed E-state index contributed by atoms with van der Waals surface area (Å²) in [5, 5.41) is 0. The van der Waals surface area contributed by atoms with Gasteiger partial charge in [-0.15, -0.1) is 6.07 Å². The van der Waals surface area contributed by atoms with Crippen LogP contribution in [0.25, 0.3) is 0 Å². The third-order valence-electron chi connectivity index (χ3n) is 0.571. The molecular formula is C5H3FLiN. The Balaban J connectivity index is 0.000000490. The summed E-state index contributed by atoms with van der Waals surface area (Å²) in [6.07, 6.45) is 1.36. The van der Waals surface area contributed by atoms with Crippen LogP contribution < -0.4 is 18.9 Å². The molecule has 36 valence electrons. The first-order chi connectivity index (χ1) is 3.39. The standard InChI is InChI=1S/C5H3FN.Li/c6-5-3-1-2-4-7-5;/h2-4H;/q-1;+1. The van der Waals surface area contributed by atoms with Gasteiger partial charge in [-0.2, -0.15) is 12.1 Å². The van der Waals surface area contributed by atoms with Crippen molar-refractivity contribution in [3.05, 3.63) is 30.3 Å². The van der Waals surface area contributed by atoms with E-state index < -0.39 is 5.95 Å².